The molecule has 0 fully saturated rings. The second-order valence-corrected chi connectivity index (χ2v) is 7.39. The normalized spacial score (nSPS) is 12.3. The summed E-state index contributed by atoms with van der Waals surface area (Å²) in [5.41, 5.74) is 1.27. The fourth-order valence-electron chi connectivity index (χ4n) is 3.26. The van der Waals surface area contributed by atoms with Crippen molar-refractivity contribution in [3.63, 3.8) is 0 Å². The number of hydrogen-bond acceptors (Lipinski definition) is 4. The highest BCUT2D eigenvalue weighted by molar-refractivity contribution is 5.92. The monoisotopic (exact) mass is 446 g/mol. The number of amides is 2. The summed E-state index contributed by atoms with van der Waals surface area (Å²) in [4.78, 5) is 16.4. The fourth-order valence-corrected chi connectivity index (χ4v) is 3.26. The molecule has 1 aromatic heterocycles. The number of carbonyl (C=O) groups is 1. The first-order chi connectivity index (χ1) is 15.3. The minimum Gasteiger partial charge on any atom is -0.497 e. The lowest BCUT2D eigenvalue weighted by Crippen LogP contribution is -2.30. The highest BCUT2D eigenvalue weighted by Crippen LogP contribution is 2.30. The highest BCUT2D eigenvalue weighted by Gasteiger charge is 2.29. The zero-order valence-corrected chi connectivity index (χ0v) is 17.8. The molecule has 3 rings (SSSR count). The Morgan fingerprint density at radius 2 is 1.91 bits per heavy atom. The number of alkyl halides is 3. The minimum absolute atomic E-state index is 0.118. The molecule has 0 spiro atoms. The summed E-state index contributed by atoms with van der Waals surface area (Å²) < 4.78 is 43.1. The first kappa shape index (κ1) is 23.2. The van der Waals surface area contributed by atoms with Gasteiger partial charge in [-0.3, -0.25) is 4.98 Å². The van der Waals surface area contributed by atoms with E-state index in [0.717, 1.165) is 40.9 Å². The van der Waals surface area contributed by atoms with Crippen LogP contribution in [0.25, 0.3) is 10.9 Å². The Morgan fingerprint density at radius 1 is 1.16 bits per heavy atom. The van der Waals surface area contributed by atoms with Gasteiger partial charge in [0.25, 0.3) is 0 Å². The third kappa shape index (κ3) is 6.26. The number of urea groups is 1. The summed E-state index contributed by atoms with van der Waals surface area (Å²) >= 11 is 0. The number of nitrogens with zero attached hydrogens (tertiary/aromatic N) is 1. The molecular formula is C23H25F3N4O2. The van der Waals surface area contributed by atoms with Crippen LogP contribution in [0.15, 0.2) is 54.7 Å². The standard InChI is InChI=1S/C23H25F3N4O2/c1-15(29-20-14-19(32-2)13-16-6-4-11-27-21(16)20)5-3-12-28-22(31)30-18-9-7-17(8-10-18)23(24,25)26/h4,6-11,13-15,29H,3,5,12H2,1-2H3,(H2,28,30,31). The lowest BCUT2D eigenvalue weighted by atomic mass is 10.1. The van der Waals surface area contributed by atoms with Crippen molar-refractivity contribution in [1.82, 2.24) is 10.3 Å². The van der Waals surface area contributed by atoms with E-state index >= 15 is 0 Å². The van der Waals surface area contributed by atoms with E-state index < -0.39 is 17.8 Å². The highest BCUT2D eigenvalue weighted by atomic mass is 19.4. The average Bonchev–Trinajstić information content (AvgIpc) is 2.76. The summed E-state index contributed by atoms with van der Waals surface area (Å²) in [5.74, 6) is 0.738. The molecular weight excluding hydrogens is 421 g/mol. The van der Waals surface area contributed by atoms with Crippen molar-refractivity contribution in [2.24, 2.45) is 0 Å². The first-order valence-corrected chi connectivity index (χ1v) is 10.2. The molecule has 3 N–H and O–H groups in total. The van der Waals surface area contributed by atoms with Gasteiger partial charge in [-0.2, -0.15) is 13.2 Å². The Bertz CT molecular complexity index is 1060. The summed E-state index contributed by atoms with van der Waals surface area (Å²) in [6, 6.07) is 11.6. The number of methoxy groups -OCH3 is 1. The van der Waals surface area contributed by atoms with E-state index in [2.05, 4.69) is 20.9 Å². The van der Waals surface area contributed by atoms with Crippen molar-refractivity contribution in [3.05, 3.63) is 60.3 Å². The molecule has 6 nitrogen and oxygen atoms in total. The SMILES string of the molecule is COc1cc(NC(C)CCCNC(=O)Nc2ccc(C(F)(F)F)cc2)c2ncccc2c1. The van der Waals surface area contributed by atoms with E-state index in [1.165, 1.54) is 12.1 Å². The first-order valence-electron chi connectivity index (χ1n) is 10.2. The number of anilines is 2. The lowest BCUT2D eigenvalue weighted by molar-refractivity contribution is -0.137. The van der Waals surface area contributed by atoms with Crippen LogP contribution in [0.1, 0.15) is 25.3 Å². The van der Waals surface area contributed by atoms with Gasteiger partial charge in [-0.15, -0.1) is 0 Å². The Labute approximate surface area is 184 Å². The largest absolute Gasteiger partial charge is 0.497 e. The van der Waals surface area contributed by atoms with Crippen LogP contribution in [-0.4, -0.2) is 30.7 Å². The van der Waals surface area contributed by atoms with Gasteiger partial charge in [0.1, 0.15) is 5.75 Å². The second kappa shape index (κ2) is 10.2. The van der Waals surface area contributed by atoms with Gasteiger partial charge < -0.3 is 20.7 Å². The van der Waals surface area contributed by atoms with Crippen molar-refractivity contribution in [2.75, 3.05) is 24.3 Å². The van der Waals surface area contributed by atoms with Crippen molar-refractivity contribution in [3.8, 4) is 5.75 Å². The molecule has 2 amide bonds. The molecule has 2 aromatic carbocycles. The minimum atomic E-state index is -4.40. The third-order valence-electron chi connectivity index (χ3n) is 4.89. The molecule has 0 saturated carbocycles. The lowest BCUT2D eigenvalue weighted by Gasteiger charge is -2.17. The number of halogens is 3. The third-order valence-corrected chi connectivity index (χ3v) is 4.89. The van der Waals surface area contributed by atoms with Crippen molar-refractivity contribution in [1.29, 1.82) is 0 Å². The molecule has 3 aromatic rings. The predicted molar refractivity (Wildman–Crippen MR) is 119 cm³/mol. The maximum atomic E-state index is 12.6. The number of ether oxygens (including phenoxy) is 1. The molecule has 32 heavy (non-hydrogen) atoms. The van der Waals surface area contributed by atoms with Gasteiger partial charge in [-0.05, 0) is 56.2 Å². The molecule has 0 aliphatic carbocycles. The number of rotatable bonds is 8. The van der Waals surface area contributed by atoms with Crippen LogP contribution in [0.4, 0.5) is 29.3 Å². The van der Waals surface area contributed by atoms with E-state index in [1.807, 2.05) is 31.2 Å². The van der Waals surface area contributed by atoms with E-state index in [0.29, 0.717) is 18.7 Å². The zero-order chi connectivity index (χ0) is 23.1. The zero-order valence-electron chi connectivity index (χ0n) is 17.8. The van der Waals surface area contributed by atoms with Crippen molar-refractivity contribution < 1.29 is 22.7 Å². The summed E-state index contributed by atoms with van der Waals surface area (Å²) in [6.07, 6.45) is -1.17. The smallest absolute Gasteiger partial charge is 0.416 e. The molecule has 0 aliphatic heterocycles. The van der Waals surface area contributed by atoms with Crippen molar-refractivity contribution in [2.45, 2.75) is 32.0 Å². The van der Waals surface area contributed by atoms with E-state index in [1.54, 1.807) is 13.3 Å². The number of pyridine rings is 1. The Kier molecular flexibility index (Phi) is 7.40. The molecule has 170 valence electrons. The maximum absolute atomic E-state index is 12.6. The van der Waals surface area contributed by atoms with Crippen LogP contribution in [0, 0.1) is 0 Å². The molecule has 0 saturated heterocycles. The number of benzene rings is 2. The molecule has 9 heteroatoms. The number of aromatic nitrogens is 1. The molecule has 0 aliphatic rings. The number of hydrogen-bond donors (Lipinski definition) is 3. The van der Waals surface area contributed by atoms with Crippen LogP contribution in [0.3, 0.4) is 0 Å². The van der Waals surface area contributed by atoms with Gasteiger partial charge in [0.2, 0.25) is 0 Å². The molecule has 0 radical (unpaired) electrons. The van der Waals surface area contributed by atoms with E-state index in [4.69, 9.17) is 4.74 Å². The quantitative estimate of drug-likeness (QED) is 0.390. The van der Waals surface area contributed by atoms with Gasteiger partial charge in [-0.25, -0.2) is 4.79 Å². The molecule has 1 atom stereocenters. The summed E-state index contributed by atoms with van der Waals surface area (Å²) in [7, 11) is 1.62. The molecule has 1 unspecified atom stereocenters. The van der Waals surface area contributed by atoms with Gasteiger partial charge in [-0.1, -0.05) is 6.07 Å². The predicted octanol–water partition coefficient (Wildman–Crippen LogP) is 5.66. The van der Waals surface area contributed by atoms with Gasteiger partial charge in [0.15, 0.2) is 0 Å². The van der Waals surface area contributed by atoms with E-state index in [-0.39, 0.29) is 6.04 Å². The maximum Gasteiger partial charge on any atom is 0.416 e. The van der Waals surface area contributed by atoms with E-state index in [9.17, 15) is 18.0 Å². The Hall–Kier alpha value is -3.49. The number of nitrogens with one attached hydrogen (secondary N) is 3. The Balaban J connectivity index is 1.45. The Morgan fingerprint density at radius 3 is 2.59 bits per heavy atom. The molecule has 0 bridgehead atoms. The number of fused-ring (bicyclic) bond motifs is 1. The second-order valence-electron chi connectivity index (χ2n) is 7.39. The van der Waals surface area contributed by atoms with Crippen LogP contribution in [-0.2, 0) is 6.18 Å². The van der Waals surface area contributed by atoms with Crippen molar-refractivity contribution >= 4 is 28.3 Å². The molecule has 1 heterocycles. The summed E-state index contributed by atoms with van der Waals surface area (Å²) in [6.45, 7) is 2.46. The topological polar surface area (TPSA) is 75.3 Å². The van der Waals surface area contributed by atoms with Gasteiger partial charge >= 0.3 is 12.2 Å². The van der Waals surface area contributed by atoms with Gasteiger partial charge in [0, 0.05) is 35.9 Å². The van der Waals surface area contributed by atoms with Crippen LogP contribution < -0.4 is 20.7 Å². The van der Waals surface area contributed by atoms with Crippen LogP contribution >= 0.6 is 0 Å². The average molecular weight is 446 g/mol. The van der Waals surface area contributed by atoms with Crippen LogP contribution in [0.2, 0.25) is 0 Å². The van der Waals surface area contributed by atoms with Gasteiger partial charge in [0.05, 0.1) is 23.9 Å². The summed E-state index contributed by atoms with van der Waals surface area (Å²) in [5, 5.41) is 9.65. The van der Waals surface area contributed by atoms with Crippen LogP contribution in [0.5, 0.6) is 5.75 Å². The number of carbonyl (C=O) groups excluding carboxylic acids is 1. The fraction of sp³-hybridized carbons (Fsp3) is 0.304.